The van der Waals surface area contributed by atoms with Crippen LogP contribution in [0.5, 0.6) is 0 Å². The number of hydrogen-bond donors (Lipinski definition) is 1. The van der Waals surface area contributed by atoms with Gasteiger partial charge < -0.3 is 15.0 Å². The van der Waals surface area contributed by atoms with Crippen LogP contribution in [0.25, 0.3) is 0 Å². The highest BCUT2D eigenvalue weighted by molar-refractivity contribution is 5.91. The summed E-state index contributed by atoms with van der Waals surface area (Å²) in [6.45, 7) is 11.4. The van der Waals surface area contributed by atoms with Crippen LogP contribution in [0.15, 0.2) is 12.1 Å². The average molecular weight is 319 g/mol. The highest BCUT2D eigenvalue weighted by Gasteiger charge is 2.21. The van der Waals surface area contributed by atoms with E-state index >= 15 is 0 Å². The van der Waals surface area contributed by atoms with Crippen LogP contribution in [0.1, 0.15) is 23.1 Å². The molecule has 1 aliphatic rings. The molecule has 0 unspecified atom stereocenters. The lowest BCUT2D eigenvalue weighted by molar-refractivity contribution is 0.130. The Labute approximate surface area is 139 Å². The SMILES string of the molecule is COCCCN1CCN(C(=O)Nc2c(C)cc(C)cc2C)CC1. The minimum absolute atomic E-state index is 0.0107. The molecule has 0 bridgehead atoms. The van der Waals surface area contributed by atoms with Crippen LogP contribution in [0, 0.1) is 20.8 Å². The van der Waals surface area contributed by atoms with E-state index in [4.69, 9.17) is 4.74 Å². The summed E-state index contributed by atoms with van der Waals surface area (Å²) >= 11 is 0. The van der Waals surface area contributed by atoms with Gasteiger partial charge in [0.15, 0.2) is 0 Å². The maximum Gasteiger partial charge on any atom is 0.321 e. The van der Waals surface area contributed by atoms with E-state index < -0.39 is 0 Å². The summed E-state index contributed by atoms with van der Waals surface area (Å²) < 4.78 is 5.09. The number of ether oxygens (including phenoxy) is 1. The highest BCUT2D eigenvalue weighted by atomic mass is 16.5. The molecule has 0 atom stereocenters. The van der Waals surface area contributed by atoms with Gasteiger partial charge in [-0.05, 0) is 38.3 Å². The lowest BCUT2D eigenvalue weighted by Gasteiger charge is -2.34. The van der Waals surface area contributed by atoms with Crippen LogP contribution in [-0.2, 0) is 4.74 Å². The average Bonchev–Trinajstić information content (AvgIpc) is 2.51. The van der Waals surface area contributed by atoms with Crippen molar-refractivity contribution in [2.75, 3.05) is 51.8 Å². The van der Waals surface area contributed by atoms with Crippen molar-refractivity contribution in [3.05, 3.63) is 28.8 Å². The zero-order chi connectivity index (χ0) is 16.8. The molecule has 0 aliphatic carbocycles. The number of amides is 2. The van der Waals surface area contributed by atoms with Crippen LogP contribution >= 0.6 is 0 Å². The molecule has 2 amide bonds. The van der Waals surface area contributed by atoms with Crippen molar-refractivity contribution in [3.8, 4) is 0 Å². The first-order valence-corrected chi connectivity index (χ1v) is 8.36. The fraction of sp³-hybridized carbons (Fsp3) is 0.611. The van der Waals surface area contributed by atoms with Gasteiger partial charge in [0.2, 0.25) is 0 Å². The molecule has 1 aromatic rings. The van der Waals surface area contributed by atoms with E-state index in [1.165, 1.54) is 5.56 Å². The highest BCUT2D eigenvalue weighted by Crippen LogP contribution is 2.22. The summed E-state index contributed by atoms with van der Waals surface area (Å²) in [5.41, 5.74) is 4.41. The summed E-state index contributed by atoms with van der Waals surface area (Å²) in [4.78, 5) is 16.8. The van der Waals surface area contributed by atoms with E-state index in [1.54, 1.807) is 7.11 Å². The number of piperazine rings is 1. The van der Waals surface area contributed by atoms with Gasteiger partial charge in [0.05, 0.1) is 0 Å². The first-order chi connectivity index (χ1) is 11.0. The second kappa shape index (κ2) is 8.31. The van der Waals surface area contributed by atoms with Crippen molar-refractivity contribution in [1.82, 2.24) is 9.80 Å². The monoisotopic (exact) mass is 319 g/mol. The van der Waals surface area contributed by atoms with Gasteiger partial charge in [-0.3, -0.25) is 4.90 Å². The van der Waals surface area contributed by atoms with Crippen LogP contribution in [0.2, 0.25) is 0 Å². The molecule has 5 heteroatoms. The predicted octanol–water partition coefficient (Wildman–Crippen LogP) is 2.80. The van der Waals surface area contributed by atoms with E-state index in [-0.39, 0.29) is 6.03 Å². The number of nitrogens with zero attached hydrogens (tertiary/aromatic N) is 2. The third-order valence-corrected chi connectivity index (χ3v) is 4.39. The number of rotatable bonds is 5. The number of methoxy groups -OCH3 is 1. The Morgan fingerprint density at radius 2 is 1.74 bits per heavy atom. The molecule has 23 heavy (non-hydrogen) atoms. The molecule has 128 valence electrons. The van der Waals surface area contributed by atoms with Crippen LogP contribution < -0.4 is 5.32 Å². The Kier molecular flexibility index (Phi) is 6.42. The fourth-order valence-electron chi connectivity index (χ4n) is 3.17. The molecule has 0 aromatic heterocycles. The third-order valence-electron chi connectivity index (χ3n) is 4.39. The van der Waals surface area contributed by atoms with Gasteiger partial charge >= 0.3 is 6.03 Å². The Morgan fingerprint density at radius 3 is 2.30 bits per heavy atom. The quantitative estimate of drug-likeness (QED) is 0.849. The topological polar surface area (TPSA) is 44.8 Å². The van der Waals surface area contributed by atoms with Crippen molar-refractivity contribution in [2.24, 2.45) is 0 Å². The van der Waals surface area contributed by atoms with Gasteiger partial charge in [0.25, 0.3) is 0 Å². The van der Waals surface area contributed by atoms with Crippen molar-refractivity contribution in [1.29, 1.82) is 0 Å². The molecule has 5 nitrogen and oxygen atoms in total. The molecular formula is C18H29N3O2. The van der Waals surface area contributed by atoms with Crippen LogP contribution in [0.4, 0.5) is 10.5 Å². The number of anilines is 1. The number of carbonyl (C=O) groups is 1. The summed E-state index contributed by atoms with van der Waals surface area (Å²) in [5.74, 6) is 0. The number of aryl methyl sites for hydroxylation is 3. The first-order valence-electron chi connectivity index (χ1n) is 8.36. The number of nitrogens with one attached hydrogen (secondary N) is 1. The minimum atomic E-state index is 0.0107. The Balaban J connectivity index is 1.86. The normalized spacial score (nSPS) is 15.7. The zero-order valence-electron chi connectivity index (χ0n) is 14.8. The third kappa shape index (κ3) is 4.94. The zero-order valence-corrected chi connectivity index (χ0v) is 14.8. The minimum Gasteiger partial charge on any atom is -0.385 e. The second-order valence-corrected chi connectivity index (χ2v) is 6.38. The Morgan fingerprint density at radius 1 is 1.13 bits per heavy atom. The molecule has 1 N–H and O–H groups in total. The van der Waals surface area contributed by atoms with E-state index in [9.17, 15) is 4.79 Å². The summed E-state index contributed by atoms with van der Waals surface area (Å²) in [6, 6.07) is 4.23. The standard InChI is InChI=1S/C18H29N3O2/c1-14-12-15(2)17(16(3)13-14)19-18(22)21-9-7-20(8-10-21)6-5-11-23-4/h12-13H,5-11H2,1-4H3,(H,19,22). The van der Waals surface area contributed by atoms with Gasteiger partial charge in [0, 0.05) is 52.1 Å². The van der Waals surface area contributed by atoms with E-state index in [1.807, 2.05) is 18.7 Å². The largest absolute Gasteiger partial charge is 0.385 e. The van der Waals surface area contributed by atoms with Gasteiger partial charge in [-0.15, -0.1) is 0 Å². The molecule has 1 aromatic carbocycles. The van der Waals surface area contributed by atoms with Crippen LogP contribution in [0.3, 0.4) is 0 Å². The van der Waals surface area contributed by atoms with Crippen molar-refractivity contribution in [3.63, 3.8) is 0 Å². The first kappa shape index (κ1) is 17.8. The molecule has 1 fully saturated rings. The van der Waals surface area contributed by atoms with E-state index in [0.717, 1.165) is 62.6 Å². The number of hydrogen-bond acceptors (Lipinski definition) is 3. The lowest BCUT2D eigenvalue weighted by Crippen LogP contribution is -2.50. The van der Waals surface area contributed by atoms with Gasteiger partial charge in [-0.1, -0.05) is 17.7 Å². The van der Waals surface area contributed by atoms with Crippen LogP contribution in [-0.4, -0.2) is 62.3 Å². The maximum absolute atomic E-state index is 12.5. The fourth-order valence-corrected chi connectivity index (χ4v) is 3.17. The van der Waals surface area contributed by atoms with Gasteiger partial charge in [-0.2, -0.15) is 0 Å². The summed E-state index contributed by atoms with van der Waals surface area (Å²) in [7, 11) is 1.73. The number of benzene rings is 1. The number of urea groups is 1. The Bertz CT molecular complexity index is 514. The van der Waals surface area contributed by atoms with Crippen molar-refractivity contribution < 1.29 is 9.53 Å². The number of carbonyl (C=O) groups excluding carboxylic acids is 1. The molecule has 1 saturated heterocycles. The molecule has 0 saturated carbocycles. The molecule has 0 spiro atoms. The van der Waals surface area contributed by atoms with Crippen molar-refractivity contribution in [2.45, 2.75) is 27.2 Å². The second-order valence-electron chi connectivity index (χ2n) is 6.38. The van der Waals surface area contributed by atoms with E-state index in [2.05, 4.69) is 29.3 Å². The van der Waals surface area contributed by atoms with Crippen molar-refractivity contribution >= 4 is 11.7 Å². The predicted molar refractivity (Wildman–Crippen MR) is 94.2 cm³/mol. The lowest BCUT2D eigenvalue weighted by atomic mass is 10.1. The summed E-state index contributed by atoms with van der Waals surface area (Å²) in [5, 5.41) is 3.09. The summed E-state index contributed by atoms with van der Waals surface area (Å²) in [6.07, 6.45) is 1.05. The molecule has 1 heterocycles. The maximum atomic E-state index is 12.5. The van der Waals surface area contributed by atoms with Gasteiger partial charge in [-0.25, -0.2) is 4.79 Å². The molecule has 2 rings (SSSR count). The molecular weight excluding hydrogens is 290 g/mol. The Hall–Kier alpha value is -1.59. The smallest absolute Gasteiger partial charge is 0.321 e. The van der Waals surface area contributed by atoms with Gasteiger partial charge in [0.1, 0.15) is 0 Å². The van der Waals surface area contributed by atoms with E-state index in [0.29, 0.717) is 0 Å². The molecule has 1 aliphatic heterocycles. The molecule has 0 radical (unpaired) electrons.